The number of nitrogens with zero attached hydrogens (tertiary/aromatic N) is 4. The highest BCUT2D eigenvalue weighted by Gasteiger charge is 2.11. The molecule has 0 bridgehead atoms. The molecule has 1 aromatic heterocycles. The summed E-state index contributed by atoms with van der Waals surface area (Å²) in [5, 5.41) is 17.3. The molecule has 0 atom stereocenters. The van der Waals surface area contributed by atoms with E-state index in [2.05, 4.69) is 45.0 Å². The first kappa shape index (κ1) is 17.1. The van der Waals surface area contributed by atoms with Crippen LogP contribution in [0.15, 0.2) is 77.9 Å². The average Bonchev–Trinajstić information content (AvgIpc) is 2.80. The minimum absolute atomic E-state index is 0.350. The van der Waals surface area contributed by atoms with Crippen LogP contribution < -0.4 is 10.2 Å². The molecule has 6 heteroatoms. The van der Waals surface area contributed by atoms with Crippen molar-refractivity contribution in [3.8, 4) is 5.75 Å². The lowest BCUT2D eigenvalue weighted by atomic mass is 10.00. The van der Waals surface area contributed by atoms with Crippen LogP contribution in [0.1, 0.15) is 5.56 Å². The first-order valence-corrected chi connectivity index (χ1v) is 9.20. The molecule has 0 saturated carbocycles. The van der Waals surface area contributed by atoms with Gasteiger partial charge in [-0.3, -0.25) is 0 Å². The molecule has 0 radical (unpaired) electrons. The lowest BCUT2D eigenvalue weighted by Crippen LogP contribution is -2.00. The van der Waals surface area contributed by atoms with Crippen LogP contribution in [-0.2, 0) is 0 Å². The van der Waals surface area contributed by atoms with E-state index in [-0.39, 0.29) is 0 Å². The molecular weight excluding hydrogens is 362 g/mol. The largest absolute Gasteiger partial charge is 0.497 e. The highest BCUT2D eigenvalue weighted by atomic mass is 16.5. The van der Waals surface area contributed by atoms with Gasteiger partial charge in [-0.25, -0.2) is 10.4 Å². The summed E-state index contributed by atoms with van der Waals surface area (Å²) < 4.78 is 5.16. The fourth-order valence-corrected chi connectivity index (χ4v) is 3.45. The van der Waals surface area contributed by atoms with Crippen molar-refractivity contribution in [2.24, 2.45) is 5.10 Å². The van der Waals surface area contributed by atoms with Crippen LogP contribution in [-0.4, -0.2) is 28.5 Å². The normalized spacial score (nSPS) is 11.5. The molecule has 4 aromatic carbocycles. The number of ether oxygens (including phenoxy) is 1. The van der Waals surface area contributed by atoms with Crippen molar-refractivity contribution in [1.82, 2.24) is 15.2 Å². The molecule has 6 nitrogen and oxygen atoms in total. The van der Waals surface area contributed by atoms with Crippen molar-refractivity contribution in [3.63, 3.8) is 0 Å². The Morgan fingerprint density at radius 3 is 2.03 bits per heavy atom. The highest BCUT2D eigenvalue weighted by molar-refractivity contribution is 6.22. The Bertz CT molecular complexity index is 1330. The number of fused-ring (bicyclic) bond motifs is 6. The van der Waals surface area contributed by atoms with Crippen LogP contribution in [0.5, 0.6) is 5.75 Å². The maximum Gasteiger partial charge on any atom is 0.263 e. The minimum atomic E-state index is 0.350. The van der Waals surface area contributed by atoms with Gasteiger partial charge in [-0.05, 0) is 40.6 Å². The Balaban J connectivity index is 1.55. The van der Waals surface area contributed by atoms with Gasteiger partial charge in [0.15, 0.2) is 0 Å². The first-order chi connectivity index (χ1) is 14.3. The van der Waals surface area contributed by atoms with Gasteiger partial charge in [-0.2, -0.15) is 5.10 Å². The molecule has 0 aliphatic heterocycles. The van der Waals surface area contributed by atoms with E-state index in [1.807, 2.05) is 48.5 Å². The Hall–Kier alpha value is -4.06. The van der Waals surface area contributed by atoms with Gasteiger partial charge in [0.1, 0.15) is 16.8 Å². The van der Waals surface area contributed by atoms with E-state index in [1.165, 1.54) is 0 Å². The van der Waals surface area contributed by atoms with Gasteiger partial charge in [0.25, 0.3) is 5.95 Å². The molecule has 0 amide bonds. The van der Waals surface area contributed by atoms with Crippen LogP contribution in [0.25, 0.3) is 32.6 Å². The van der Waals surface area contributed by atoms with Gasteiger partial charge in [0, 0.05) is 10.8 Å². The van der Waals surface area contributed by atoms with E-state index < -0.39 is 0 Å². The second-order valence-corrected chi connectivity index (χ2v) is 6.57. The smallest absolute Gasteiger partial charge is 0.263 e. The van der Waals surface area contributed by atoms with E-state index in [0.717, 1.165) is 43.9 Å². The number of rotatable bonds is 4. The fourth-order valence-electron chi connectivity index (χ4n) is 3.45. The number of methoxy groups -OCH3 is 1. The SMILES string of the molecule is COc1ccc(/C=N/Nc2nnc3c4ccccc4c4ccccc4c3n2)cc1. The molecule has 140 valence electrons. The number of anilines is 1. The molecular formula is C23H17N5O. The molecule has 0 spiro atoms. The summed E-state index contributed by atoms with van der Waals surface area (Å²) in [4.78, 5) is 4.69. The Labute approximate surface area is 166 Å². The third-order valence-corrected chi connectivity index (χ3v) is 4.84. The second-order valence-electron chi connectivity index (χ2n) is 6.57. The number of nitrogens with one attached hydrogen (secondary N) is 1. The van der Waals surface area contributed by atoms with Gasteiger partial charge >= 0.3 is 0 Å². The molecule has 5 aromatic rings. The summed E-state index contributed by atoms with van der Waals surface area (Å²) in [7, 11) is 1.64. The van der Waals surface area contributed by atoms with E-state index in [0.29, 0.717) is 5.95 Å². The standard InChI is InChI=1S/C23H17N5O/c1-29-16-12-10-15(11-13-16)14-24-27-23-25-21-19-8-4-2-6-17(19)18-7-3-5-9-20(18)22(21)26-28-23/h2-14H,1H3,(H,25,27,28)/b24-14+. The summed E-state index contributed by atoms with van der Waals surface area (Å²) in [5.74, 6) is 1.15. The van der Waals surface area contributed by atoms with Crippen molar-refractivity contribution in [2.45, 2.75) is 0 Å². The Kier molecular flexibility index (Phi) is 4.22. The van der Waals surface area contributed by atoms with Crippen LogP contribution in [0.2, 0.25) is 0 Å². The van der Waals surface area contributed by atoms with Gasteiger partial charge in [0.2, 0.25) is 0 Å². The van der Waals surface area contributed by atoms with Gasteiger partial charge in [0.05, 0.1) is 13.3 Å². The van der Waals surface area contributed by atoms with E-state index in [4.69, 9.17) is 9.72 Å². The molecule has 0 unspecified atom stereocenters. The zero-order chi connectivity index (χ0) is 19.6. The second kappa shape index (κ2) is 7.16. The van der Waals surface area contributed by atoms with Crippen molar-refractivity contribution in [2.75, 3.05) is 12.5 Å². The molecule has 0 saturated heterocycles. The number of hydrogen-bond acceptors (Lipinski definition) is 6. The van der Waals surface area contributed by atoms with Crippen molar-refractivity contribution in [3.05, 3.63) is 78.4 Å². The quantitative estimate of drug-likeness (QED) is 0.276. The van der Waals surface area contributed by atoms with Crippen molar-refractivity contribution < 1.29 is 4.74 Å². The first-order valence-electron chi connectivity index (χ1n) is 9.20. The predicted molar refractivity (Wildman–Crippen MR) is 117 cm³/mol. The van der Waals surface area contributed by atoms with E-state index >= 15 is 0 Å². The summed E-state index contributed by atoms with van der Waals surface area (Å²) in [6, 6.07) is 24.0. The maximum absolute atomic E-state index is 5.16. The van der Waals surface area contributed by atoms with E-state index in [9.17, 15) is 0 Å². The van der Waals surface area contributed by atoms with E-state index in [1.54, 1.807) is 13.3 Å². The predicted octanol–water partition coefficient (Wildman–Crippen LogP) is 4.79. The van der Waals surface area contributed by atoms with Crippen LogP contribution in [0, 0.1) is 0 Å². The Morgan fingerprint density at radius 1 is 0.759 bits per heavy atom. The van der Waals surface area contributed by atoms with Crippen LogP contribution in [0.4, 0.5) is 5.95 Å². The monoisotopic (exact) mass is 379 g/mol. The molecule has 29 heavy (non-hydrogen) atoms. The van der Waals surface area contributed by atoms with Gasteiger partial charge < -0.3 is 4.74 Å². The maximum atomic E-state index is 5.16. The lowest BCUT2D eigenvalue weighted by Gasteiger charge is -2.08. The van der Waals surface area contributed by atoms with Crippen molar-refractivity contribution in [1.29, 1.82) is 0 Å². The molecule has 0 fully saturated rings. The zero-order valence-corrected chi connectivity index (χ0v) is 15.7. The summed E-state index contributed by atoms with van der Waals surface area (Å²) in [6.45, 7) is 0. The van der Waals surface area contributed by atoms with Crippen LogP contribution in [0.3, 0.4) is 0 Å². The molecule has 0 aliphatic carbocycles. The van der Waals surface area contributed by atoms with Crippen LogP contribution >= 0.6 is 0 Å². The average molecular weight is 379 g/mol. The van der Waals surface area contributed by atoms with Gasteiger partial charge in [-0.1, -0.05) is 48.5 Å². The van der Waals surface area contributed by atoms with Gasteiger partial charge in [-0.15, -0.1) is 10.2 Å². The molecule has 1 heterocycles. The summed E-state index contributed by atoms with van der Waals surface area (Å²) in [6.07, 6.45) is 1.70. The number of hydrogen-bond donors (Lipinski definition) is 1. The Morgan fingerprint density at radius 2 is 1.38 bits per heavy atom. The third-order valence-electron chi connectivity index (χ3n) is 4.84. The van der Waals surface area contributed by atoms with Crippen molar-refractivity contribution >= 4 is 44.7 Å². The number of benzene rings is 4. The number of aromatic nitrogens is 3. The number of hydrazone groups is 1. The summed E-state index contributed by atoms with van der Waals surface area (Å²) >= 11 is 0. The highest BCUT2D eigenvalue weighted by Crippen LogP contribution is 2.32. The topological polar surface area (TPSA) is 72.3 Å². The zero-order valence-electron chi connectivity index (χ0n) is 15.7. The molecule has 1 N–H and O–H groups in total. The lowest BCUT2D eigenvalue weighted by molar-refractivity contribution is 0.415. The third kappa shape index (κ3) is 3.10. The minimum Gasteiger partial charge on any atom is -0.497 e. The fraction of sp³-hybridized carbons (Fsp3) is 0.0435. The summed E-state index contributed by atoms with van der Waals surface area (Å²) in [5.41, 5.74) is 5.40. The molecule has 5 rings (SSSR count). The molecule has 0 aliphatic rings.